The number of ether oxygens (including phenoxy) is 2. The van der Waals surface area contributed by atoms with E-state index in [0.29, 0.717) is 5.69 Å². The van der Waals surface area contributed by atoms with Gasteiger partial charge in [-0.05, 0) is 47.9 Å². The average molecular weight is 784 g/mol. The van der Waals surface area contributed by atoms with Crippen LogP contribution in [0.25, 0.3) is 10.8 Å². The largest absolute Gasteiger partial charge is 0.505 e. The number of sulfonamides is 1. The molecule has 0 spiro atoms. The van der Waals surface area contributed by atoms with Crippen molar-refractivity contribution in [2.24, 2.45) is 10.2 Å². The Kier molecular flexibility index (Phi) is 12.1. The lowest BCUT2D eigenvalue weighted by atomic mass is 10.1. The SMILES string of the molecule is COc1cc(Nc2ccc(S(=O)(=O)N(CCO)CCO)cc2)c(OC)cc1N=Nc1c(S(=O)(=O)O)cc2cc(S(=O)(=O)O)cc(NC(C)=O)c2c1O. The molecular weight excluding hydrogens is 751 g/mol. The third-order valence-corrected chi connectivity index (χ3v) is 10.8. The van der Waals surface area contributed by atoms with Gasteiger partial charge in [-0.3, -0.25) is 13.9 Å². The van der Waals surface area contributed by atoms with Crippen molar-refractivity contribution >= 4 is 75.4 Å². The van der Waals surface area contributed by atoms with Crippen LogP contribution in [0.4, 0.5) is 28.4 Å². The lowest BCUT2D eigenvalue weighted by Crippen LogP contribution is -2.35. The minimum absolute atomic E-state index is 0.0281. The molecule has 52 heavy (non-hydrogen) atoms. The molecule has 4 aromatic carbocycles. The second-order valence-electron chi connectivity index (χ2n) is 10.7. The molecule has 0 heterocycles. The van der Waals surface area contributed by atoms with E-state index in [4.69, 9.17) is 9.47 Å². The van der Waals surface area contributed by atoms with E-state index in [0.717, 1.165) is 29.4 Å². The summed E-state index contributed by atoms with van der Waals surface area (Å²) in [6.07, 6.45) is 0. The Bertz CT molecular complexity index is 2360. The van der Waals surface area contributed by atoms with Crippen LogP contribution >= 0.6 is 0 Å². The molecule has 0 saturated heterocycles. The van der Waals surface area contributed by atoms with Gasteiger partial charge in [0, 0.05) is 43.2 Å². The number of carbonyl (C=O) groups excluding carboxylic acids is 1. The van der Waals surface area contributed by atoms with Crippen molar-refractivity contribution in [3.63, 3.8) is 0 Å². The average Bonchev–Trinajstić information content (AvgIpc) is 3.06. The summed E-state index contributed by atoms with van der Waals surface area (Å²) in [7, 11) is -11.5. The highest BCUT2D eigenvalue weighted by molar-refractivity contribution is 7.89. The standard InChI is InChI=1S/C30H33N5O14S3/c1-17(38)31-24-14-21(51(42,43)44)12-18-13-27(52(45,46)47)29(30(39)28(18)24)34-33-23-16-25(48-2)22(15-26(23)49-3)32-19-4-6-20(7-5-19)50(40,41)35(8-10-36)9-11-37/h4-7,12-16,32,36-37,39H,8-11H2,1-3H3,(H,31,38)(H,42,43,44)(H,45,46,47). The number of aromatic hydroxyl groups is 1. The summed E-state index contributed by atoms with van der Waals surface area (Å²) < 4.78 is 106. The number of phenolic OH excluding ortho intramolecular Hbond substituents is 1. The number of amides is 1. The third kappa shape index (κ3) is 8.74. The number of azo groups is 1. The van der Waals surface area contributed by atoms with Crippen LogP contribution in [0.2, 0.25) is 0 Å². The Balaban J connectivity index is 1.79. The third-order valence-electron chi connectivity index (χ3n) is 7.24. The van der Waals surface area contributed by atoms with Crippen LogP contribution in [0, 0.1) is 0 Å². The molecule has 0 aliphatic heterocycles. The number of anilines is 3. The quantitative estimate of drug-likeness (QED) is 0.0673. The number of fused-ring (bicyclic) bond motifs is 1. The van der Waals surface area contributed by atoms with Gasteiger partial charge in [-0.15, -0.1) is 10.2 Å². The molecule has 0 unspecified atom stereocenters. The van der Waals surface area contributed by atoms with E-state index < -0.39 is 70.6 Å². The van der Waals surface area contributed by atoms with Gasteiger partial charge in [-0.1, -0.05) is 0 Å². The van der Waals surface area contributed by atoms with Crippen molar-refractivity contribution in [3.05, 3.63) is 54.6 Å². The molecule has 7 N–H and O–H groups in total. The number of rotatable bonds is 15. The molecule has 0 fully saturated rings. The van der Waals surface area contributed by atoms with Crippen molar-refractivity contribution in [3.8, 4) is 17.2 Å². The lowest BCUT2D eigenvalue weighted by molar-refractivity contribution is -0.114. The minimum atomic E-state index is -5.17. The normalized spacial score (nSPS) is 12.4. The zero-order valence-electron chi connectivity index (χ0n) is 27.5. The summed E-state index contributed by atoms with van der Waals surface area (Å²) in [6.45, 7) is -0.237. The zero-order chi connectivity index (χ0) is 38.6. The molecule has 0 atom stereocenters. The van der Waals surface area contributed by atoms with Gasteiger partial charge in [0.15, 0.2) is 5.75 Å². The number of aliphatic hydroxyl groups excluding tert-OH is 2. The van der Waals surface area contributed by atoms with Gasteiger partial charge in [0.1, 0.15) is 27.8 Å². The number of hydrogen-bond donors (Lipinski definition) is 7. The second-order valence-corrected chi connectivity index (χ2v) is 15.4. The molecule has 280 valence electrons. The lowest BCUT2D eigenvalue weighted by Gasteiger charge is -2.20. The molecule has 0 saturated carbocycles. The van der Waals surface area contributed by atoms with E-state index in [1.54, 1.807) is 0 Å². The molecule has 0 aromatic heterocycles. The monoisotopic (exact) mass is 783 g/mol. The van der Waals surface area contributed by atoms with Gasteiger partial charge in [-0.2, -0.15) is 21.1 Å². The Morgan fingerprint density at radius 3 is 1.92 bits per heavy atom. The Hall–Kier alpha value is -4.94. The van der Waals surface area contributed by atoms with Gasteiger partial charge in [-0.25, -0.2) is 8.42 Å². The molecule has 0 aliphatic rings. The van der Waals surface area contributed by atoms with Crippen LogP contribution in [0.3, 0.4) is 0 Å². The summed E-state index contributed by atoms with van der Waals surface area (Å²) in [4.78, 5) is 10.0. The maximum absolute atomic E-state index is 13.0. The summed E-state index contributed by atoms with van der Waals surface area (Å²) in [6, 6.07) is 10.7. The van der Waals surface area contributed by atoms with Crippen LogP contribution in [0.15, 0.2) is 79.5 Å². The fourth-order valence-electron chi connectivity index (χ4n) is 4.94. The highest BCUT2D eigenvalue weighted by Crippen LogP contribution is 2.46. The van der Waals surface area contributed by atoms with E-state index in [-0.39, 0.29) is 57.3 Å². The molecule has 0 bridgehead atoms. The Morgan fingerprint density at radius 2 is 1.40 bits per heavy atom. The predicted molar refractivity (Wildman–Crippen MR) is 186 cm³/mol. The van der Waals surface area contributed by atoms with Crippen LogP contribution in [0.5, 0.6) is 17.2 Å². The highest BCUT2D eigenvalue weighted by Gasteiger charge is 2.27. The van der Waals surface area contributed by atoms with E-state index in [2.05, 4.69) is 20.9 Å². The maximum atomic E-state index is 13.0. The molecule has 4 rings (SSSR count). The number of nitrogens with zero attached hydrogens (tertiary/aromatic N) is 3. The van der Waals surface area contributed by atoms with E-state index in [1.807, 2.05) is 0 Å². The van der Waals surface area contributed by atoms with Crippen molar-refractivity contribution < 1.29 is 63.9 Å². The number of nitrogens with one attached hydrogen (secondary N) is 2. The van der Waals surface area contributed by atoms with Crippen LogP contribution in [0.1, 0.15) is 6.92 Å². The fraction of sp³-hybridized carbons (Fsp3) is 0.233. The second kappa shape index (κ2) is 15.7. The van der Waals surface area contributed by atoms with Gasteiger partial charge in [0.05, 0.1) is 48.6 Å². The van der Waals surface area contributed by atoms with Crippen molar-refractivity contribution in [2.75, 3.05) is 51.2 Å². The van der Waals surface area contributed by atoms with Crippen molar-refractivity contribution in [2.45, 2.75) is 21.6 Å². The summed E-state index contributed by atoms with van der Waals surface area (Å²) in [5.74, 6) is -1.50. The molecule has 22 heteroatoms. The van der Waals surface area contributed by atoms with Crippen LogP contribution in [-0.4, -0.2) is 100 Å². The van der Waals surface area contributed by atoms with Crippen LogP contribution in [-0.2, 0) is 35.1 Å². The van der Waals surface area contributed by atoms with Gasteiger partial charge >= 0.3 is 0 Å². The molecular formula is C30H33N5O14S3. The summed E-state index contributed by atoms with van der Waals surface area (Å²) in [5, 5.41) is 42.3. The molecule has 0 radical (unpaired) electrons. The number of aliphatic hydroxyl groups is 2. The number of hydrogen-bond acceptors (Lipinski definition) is 15. The smallest absolute Gasteiger partial charge is 0.296 e. The fourth-order valence-corrected chi connectivity index (χ4v) is 7.56. The highest BCUT2D eigenvalue weighted by atomic mass is 32.2. The van der Waals surface area contributed by atoms with Gasteiger partial charge in [0.2, 0.25) is 15.9 Å². The number of phenols is 1. The topological polar surface area (TPSA) is 291 Å². The summed E-state index contributed by atoms with van der Waals surface area (Å²) in [5.41, 5.74) is -0.547. The van der Waals surface area contributed by atoms with Gasteiger partial charge in [0.25, 0.3) is 20.2 Å². The Labute approximate surface area is 297 Å². The number of benzene rings is 4. The number of carbonyl (C=O) groups is 1. The zero-order valence-corrected chi connectivity index (χ0v) is 30.0. The molecule has 0 aliphatic carbocycles. The van der Waals surface area contributed by atoms with Crippen molar-refractivity contribution in [1.82, 2.24) is 4.31 Å². The Morgan fingerprint density at radius 1 is 0.788 bits per heavy atom. The predicted octanol–water partition coefficient (Wildman–Crippen LogP) is 3.15. The van der Waals surface area contributed by atoms with Crippen LogP contribution < -0.4 is 20.1 Å². The molecule has 19 nitrogen and oxygen atoms in total. The van der Waals surface area contributed by atoms with Gasteiger partial charge < -0.3 is 35.4 Å². The molecule has 4 aromatic rings. The maximum Gasteiger partial charge on any atom is 0.296 e. The first-order valence-corrected chi connectivity index (χ1v) is 19.0. The number of methoxy groups -OCH3 is 2. The summed E-state index contributed by atoms with van der Waals surface area (Å²) >= 11 is 0. The first kappa shape index (κ1) is 39.8. The van der Waals surface area contributed by atoms with E-state index in [1.165, 1.54) is 50.6 Å². The van der Waals surface area contributed by atoms with E-state index in [9.17, 15) is 54.5 Å². The van der Waals surface area contributed by atoms with Crippen molar-refractivity contribution in [1.29, 1.82) is 0 Å². The first-order chi connectivity index (χ1) is 24.3. The molecule has 1 amide bonds. The van der Waals surface area contributed by atoms with E-state index >= 15 is 0 Å². The first-order valence-electron chi connectivity index (χ1n) is 14.7. The minimum Gasteiger partial charge on any atom is -0.505 e.